The topological polar surface area (TPSA) is 0 Å². The van der Waals surface area contributed by atoms with Gasteiger partial charge in [-0.1, -0.05) is 136 Å². The summed E-state index contributed by atoms with van der Waals surface area (Å²) in [6, 6.07) is 14.4. The molecule has 0 aliphatic heterocycles. The SMILES string of the molecule is C[Si](C)(C)c1c([Si](C)(C)C)c2ccc3cccc4cc([Si](C)(C)C)c(c1[Si](C)(C)C)c2c34. The van der Waals surface area contributed by atoms with Gasteiger partial charge in [-0.3, -0.25) is 0 Å². The maximum Gasteiger partial charge on any atom is 0.0784 e. The maximum atomic E-state index is 2.60. The van der Waals surface area contributed by atoms with E-state index in [-0.39, 0.29) is 0 Å². The second-order valence-electron chi connectivity index (χ2n) is 14.0. The van der Waals surface area contributed by atoms with Crippen molar-refractivity contribution in [2.45, 2.75) is 78.6 Å². The zero-order valence-corrected chi connectivity index (χ0v) is 26.5. The maximum absolute atomic E-state index is 2.60. The molecule has 0 nitrogen and oxygen atoms in total. The van der Waals surface area contributed by atoms with E-state index < -0.39 is 32.3 Å². The zero-order valence-electron chi connectivity index (χ0n) is 22.5. The minimum Gasteiger partial charge on any atom is -0.0656 e. The lowest BCUT2D eigenvalue weighted by Gasteiger charge is -2.39. The van der Waals surface area contributed by atoms with Gasteiger partial charge in [-0.05, 0) is 32.3 Å². The van der Waals surface area contributed by atoms with Gasteiger partial charge >= 0.3 is 0 Å². The van der Waals surface area contributed by atoms with Gasteiger partial charge in [0.05, 0.1) is 32.3 Å². The highest BCUT2D eigenvalue weighted by molar-refractivity contribution is 7.06. The fourth-order valence-electron chi connectivity index (χ4n) is 5.87. The summed E-state index contributed by atoms with van der Waals surface area (Å²) in [6.07, 6.45) is 0. The van der Waals surface area contributed by atoms with Crippen LogP contribution in [-0.4, -0.2) is 32.3 Å². The lowest BCUT2D eigenvalue weighted by molar-refractivity contribution is 1.69. The van der Waals surface area contributed by atoms with Crippen LogP contribution in [0, 0.1) is 0 Å². The highest BCUT2D eigenvalue weighted by Gasteiger charge is 2.39. The van der Waals surface area contributed by atoms with Crippen LogP contribution in [0.3, 0.4) is 0 Å². The van der Waals surface area contributed by atoms with Gasteiger partial charge in [0.25, 0.3) is 0 Å². The Kier molecular flexibility index (Phi) is 5.34. The number of rotatable bonds is 4. The van der Waals surface area contributed by atoms with Crippen LogP contribution < -0.4 is 20.7 Å². The summed E-state index contributed by atoms with van der Waals surface area (Å²) in [7, 11) is -6.35. The zero-order chi connectivity index (χ0) is 24.0. The van der Waals surface area contributed by atoms with Gasteiger partial charge in [0.15, 0.2) is 0 Å². The van der Waals surface area contributed by atoms with Crippen molar-refractivity contribution < 1.29 is 0 Å². The summed E-state index contributed by atoms with van der Waals surface area (Å²) in [4.78, 5) is 0. The van der Waals surface area contributed by atoms with E-state index in [1.807, 2.05) is 10.4 Å². The van der Waals surface area contributed by atoms with Crippen LogP contribution in [0.25, 0.3) is 32.3 Å². The van der Waals surface area contributed by atoms with E-state index in [0.29, 0.717) is 0 Å². The molecule has 32 heavy (non-hydrogen) atoms. The summed E-state index contributed by atoms with van der Waals surface area (Å²) in [5, 5.41) is 16.4. The van der Waals surface area contributed by atoms with Crippen molar-refractivity contribution in [3.8, 4) is 0 Å². The highest BCUT2D eigenvalue weighted by Crippen LogP contribution is 2.35. The quantitative estimate of drug-likeness (QED) is 0.219. The molecule has 4 rings (SSSR count). The molecule has 0 radical (unpaired) electrons. The first kappa shape index (κ1) is 23.9. The van der Waals surface area contributed by atoms with Crippen molar-refractivity contribution in [1.29, 1.82) is 0 Å². The Hall–Kier alpha value is -1.21. The van der Waals surface area contributed by atoms with Gasteiger partial charge in [-0.25, -0.2) is 0 Å². The molecule has 0 spiro atoms. The Bertz CT molecular complexity index is 1340. The second-order valence-corrected chi connectivity index (χ2v) is 34.0. The Morgan fingerprint density at radius 1 is 0.438 bits per heavy atom. The summed E-state index contributed by atoms with van der Waals surface area (Å²) in [6.45, 7) is 31.0. The predicted octanol–water partition coefficient (Wildman–Crippen LogP) is 6.76. The molecule has 0 aliphatic rings. The molecule has 0 bridgehead atoms. The first-order chi connectivity index (χ1) is 14.4. The van der Waals surface area contributed by atoms with Crippen LogP contribution in [0.2, 0.25) is 78.6 Å². The molecular formula is C28H42Si4. The van der Waals surface area contributed by atoms with Crippen LogP contribution in [0.1, 0.15) is 0 Å². The molecule has 0 amide bonds. The molecule has 0 unspecified atom stereocenters. The molecule has 0 aliphatic carbocycles. The van der Waals surface area contributed by atoms with Gasteiger partial charge in [0.2, 0.25) is 0 Å². The van der Waals surface area contributed by atoms with Crippen molar-refractivity contribution in [2.24, 2.45) is 0 Å². The molecule has 4 aromatic carbocycles. The standard InChI is InChI=1S/C28H42Si4/c1-29(2,3)22-18-20-15-13-14-19-16-17-21-24(23(19)20)25(22)27(31(7,8)9)28(32(10,11)12)26(21)30(4,5)6/h13-18H,1-12H3. The summed E-state index contributed by atoms with van der Waals surface area (Å²) in [5.41, 5.74) is 0. The van der Waals surface area contributed by atoms with Crippen molar-refractivity contribution in [3.05, 3.63) is 36.4 Å². The van der Waals surface area contributed by atoms with Gasteiger partial charge in [-0.2, -0.15) is 0 Å². The third-order valence-electron chi connectivity index (χ3n) is 6.97. The molecule has 0 atom stereocenters. The van der Waals surface area contributed by atoms with E-state index in [4.69, 9.17) is 0 Å². The Labute approximate surface area is 199 Å². The first-order valence-electron chi connectivity index (χ1n) is 12.2. The molecule has 0 heterocycles. The fraction of sp³-hybridized carbons (Fsp3) is 0.429. The molecule has 0 aromatic heterocycles. The second kappa shape index (κ2) is 7.14. The highest BCUT2D eigenvalue weighted by atomic mass is 28.3. The molecule has 4 heteroatoms. The smallest absolute Gasteiger partial charge is 0.0656 e. The lowest BCUT2D eigenvalue weighted by Crippen LogP contribution is -2.67. The van der Waals surface area contributed by atoms with Crippen LogP contribution >= 0.6 is 0 Å². The minimum absolute atomic E-state index is 1.41. The number of hydrogen-bond acceptors (Lipinski definition) is 0. The largest absolute Gasteiger partial charge is 0.0784 e. The Morgan fingerprint density at radius 2 is 0.969 bits per heavy atom. The Morgan fingerprint density at radius 3 is 1.47 bits per heavy atom. The average molecular weight is 491 g/mol. The summed E-state index contributed by atoms with van der Waals surface area (Å²) in [5.74, 6) is 0. The molecular weight excluding hydrogens is 449 g/mol. The monoisotopic (exact) mass is 490 g/mol. The van der Waals surface area contributed by atoms with Gasteiger partial charge in [0.1, 0.15) is 0 Å². The van der Waals surface area contributed by atoms with Gasteiger partial charge in [0, 0.05) is 0 Å². The molecule has 0 saturated heterocycles. The third-order valence-corrected chi connectivity index (χ3v) is 15.5. The minimum atomic E-state index is -1.62. The van der Waals surface area contributed by atoms with Crippen LogP contribution in [0.15, 0.2) is 36.4 Å². The van der Waals surface area contributed by atoms with E-state index in [9.17, 15) is 0 Å². The lowest BCUT2D eigenvalue weighted by atomic mass is 9.94. The summed E-state index contributed by atoms with van der Waals surface area (Å²) < 4.78 is 0. The molecule has 4 aromatic rings. The van der Waals surface area contributed by atoms with E-state index in [1.165, 1.54) is 16.2 Å². The third kappa shape index (κ3) is 3.67. The van der Waals surface area contributed by atoms with Crippen LogP contribution in [0.5, 0.6) is 0 Å². The molecule has 170 valence electrons. The number of hydrogen-bond donors (Lipinski definition) is 0. The Balaban J connectivity index is 2.53. The number of benzene rings is 4. The van der Waals surface area contributed by atoms with E-state index in [1.54, 1.807) is 26.5 Å². The normalized spacial score (nSPS) is 14.2. The average Bonchev–Trinajstić information content (AvgIpc) is 2.61. The van der Waals surface area contributed by atoms with E-state index in [0.717, 1.165) is 0 Å². The van der Waals surface area contributed by atoms with Gasteiger partial charge < -0.3 is 0 Å². The van der Waals surface area contributed by atoms with Crippen LogP contribution in [-0.2, 0) is 0 Å². The fourth-order valence-corrected chi connectivity index (χ4v) is 17.7. The molecule has 0 fully saturated rings. The van der Waals surface area contributed by atoms with Crippen molar-refractivity contribution >= 4 is 85.4 Å². The van der Waals surface area contributed by atoms with E-state index in [2.05, 4.69) is 115 Å². The van der Waals surface area contributed by atoms with E-state index >= 15 is 0 Å². The van der Waals surface area contributed by atoms with Gasteiger partial charge in [-0.15, -0.1) is 0 Å². The van der Waals surface area contributed by atoms with Crippen molar-refractivity contribution in [3.63, 3.8) is 0 Å². The molecule has 0 N–H and O–H groups in total. The van der Waals surface area contributed by atoms with Crippen molar-refractivity contribution in [2.75, 3.05) is 0 Å². The molecule has 0 saturated carbocycles. The summed E-state index contributed by atoms with van der Waals surface area (Å²) >= 11 is 0. The predicted molar refractivity (Wildman–Crippen MR) is 162 cm³/mol. The van der Waals surface area contributed by atoms with Crippen LogP contribution in [0.4, 0.5) is 0 Å². The first-order valence-corrected chi connectivity index (χ1v) is 26.2. The van der Waals surface area contributed by atoms with Crippen molar-refractivity contribution in [1.82, 2.24) is 0 Å².